The van der Waals surface area contributed by atoms with Crippen LogP contribution in [0.4, 0.5) is 0 Å². The third-order valence-electron chi connectivity index (χ3n) is 3.43. The van der Waals surface area contributed by atoms with E-state index in [0.29, 0.717) is 25.8 Å². The zero-order valence-electron chi connectivity index (χ0n) is 13.4. The number of hydrogen-bond acceptors (Lipinski definition) is 7. The maximum Gasteiger partial charge on any atom is 0.320 e. The molecule has 0 spiro atoms. The Bertz CT molecular complexity index is 316. The molecule has 0 heterocycles. The summed E-state index contributed by atoms with van der Waals surface area (Å²) in [6.07, 6.45) is 1.05. The van der Waals surface area contributed by atoms with Crippen LogP contribution in [0.25, 0.3) is 0 Å². The predicted octanol–water partition coefficient (Wildman–Crippen LogP) is -1.13. The highest BCUT2D eigenvalue weighted by molar-refractivity contribution is 5.72. The Balaban J connectivity index is 4.06. The molecule has 0 saturated carbocycles. The minimum atomic E-state index is -1.57. The Morgan fingerprint density at radius 1 is 1.36 bits per heavy atom. The van der Waals surface area contributed by atoms with Gasteiger partial charge in [-0.1, -0.05) is 13.3 Å². The third kappa shape index (κ3) is 8.62. The normalized spacial score (nSPS) is 18.5. The average molecular weight is 322 g/mol. The number of carboxylic acids is 1. The Hall–Kier alpha value is -0.770. The van der Waals surface area contributed by atoms with Crippen LogP contribution < -0.4 is 11.1 Å². The van der Waals surface area contributed by atoms with Gasteiger partial charge in [0.1, 0.15) is 6.04 Å². The van der Waals surface area contributed by atoms with Gasteiger partial charge in [0.2, 0.25) is 0 Å². The third-order valence-corrected chi connectivity index (χ3v) is 3.43. The largest absolute Gasteiger partial charge is 0.480 e. The summed E-state index contributed by atoms with van der Waals surface area (Å²) in [6, 6.07) is -0.847. The van der Waals surface area contributed by atoms with Gasteiger partial charge < -0.3 is 36.2 Å². The van der Waals surface area contributed by atoms with Crippen LogP contribution in [0.1, 0.15) is 33.1 Å². The number of nitrogens with two attached hydrogens (primary N) is 1. The van der Waals surface area contributed by atoms with Gasteiger partial charge in [0, 0.05) is 12.5 Å². The van der Waals surface area contributed by atoms with Crippen molar-refractivity contribution < 1.29 is 30.0 Å². The molecular formula is C14H30N2O6. The molecule has 22 heavy (non-hydrogen) atoms. The summed E-state index contributed by atoms with van der Waals surface area (Å²) in [5.74, 6) is -3.09. The van der Waals surface area contributed by atoms with Crippen LogP contribution >= 0.6 is 0 Å². The van der Waals surface area contributed by atoms with Gasteiger partial charge in [0.15, 0.2) is 5.79 Å². The van der Waals surface area contributed by atoms with Crippen molar-refractivity contribution in [2.24, 2.45) is 11.7 Å². The van der Waals surface area contributed by atoms with Crippen molar-refractivity contribution in [2.75, 3.05) is 26.3 Å². The number of nitrogens with one attached hydrogen (secondary N) is 1. The zero-order valence-corrected chi connectivity index (χ0v) is 13.4. The number of unbranched alkanes of at least 4 members (excludes halogenated alkanes) is 1. The van der Waals surface area contributed by atoms with E-state index in [9.17, 15) is 20.1 Å². The lowest BCUT2D eigenvalue weighted by Gasteiger charge is -2.34. The lowest BCUT2D eigenvalue weighted by Crippen LogP contribution is -2.50. The summed E-state index contributed by atoms with van der Waals surface area (Å²) in [5.41, 5.74) is 5.39. The number of carbonyl (C=O) groups is 1. The van der Waals surface area contributed by atoms with E-state index < -0.39 is 29.8 Å². The molecule has 0 fully saturated rings. The van der Waals surface area contributed by atoms with Crippen molar-refractivity contribution in [3.05, 3.63) is 0 Å². The van der Waals surface area contributed by atoms with E-state index in [4.69, 9.17) is 15.6 Å². The first-order valence-corrected chi connectivity index (χ1v) is 7.57. The van der Waals surface area contributed by atoms with E-state index in [-0.39, 0.29) is 19.8 Å². The van der Waals surface area contributed by atoms with Crippen molar-refractivity contribution in [3.8, 4) is 0 Å². The van der Waals surface area contributed by atoms with E-state index in [1.54, 1.807) is 13.8 Å². The molecule has 4 unspecified atom stereocenters. The summed E-state index contributed by atoms with van der Waals surface area (Å²) in [4.78, 5) is 10.6. The van der Waals surface area contributed by atoms with Crippen molar-refractivity contribution in [1.82, 2.24) is 5.32 Å². The Morgan fingerprint density at radius 3 is 2.50 bits per heavy atom. The summed E-state index contributed by atoms with van der Waals surface area (Å²) >= 11 is 0. The van der Waals surface area contributed by atoms with Crippen molar-refractivity contribution in [3.63, 3.8) is 0 Å². The second kappa shape index (κ2) is 10.9. The number of rotatable bonds is 13. The quantitative estimate of drug-likeness (QED) is 0.185. The molecule has 0 aliphatic carbocycles. The Labute approximate surface area is 131 Å². The molecule has 0 aromatic rings. The van der Waals surface area contributed by atoms with Gasteiger partial charge in [-0.3, -0.25) is 4.79 Å². The lowest BCUT2D eigenvalue weighted by molar-refractivity contribution is -0.244. The Kier molecular flexibility index (Phi) is 10.5. The van der Waals surface area contributed by atoms with Gasteiger partial charge in [-0.25, -0.2) is 0 Å². The SMILES string of the molecule is CC(O)COC(O)(CNCCCCC(N)C(=O)O)C(C)CO. The second-order valence-corrected chi connectivity index (χ2v) is 5.71. The monoisotopic (exact) mass is 322 g/mol. The molecule has 8 nitrogen and oxygen atoms in total. The van der Waals surface area contributed by atoms with Crippen LogP contribution in [0.2, 0.25) is 0 Å². The van der Waals surface area contributed by atoms with Gasteiger partial charge in [-0.15, -0.1) is 0 Å². The zero-order chi connectivity index (χ0) is 17.2. The molecule has 7 N–H and O–H groups in total. The number of carboxylic acid groups (broad SMARTS) is 1. The second-order valence-electron chi connectivity index (χ2n) is 5.71. The standard InChI is InChI=1S/C14H30N2O6/c1-10(7-17)14(21,22-8-11(2)18)9-16-6-4-3-5-12(15)13(19)20/h10-12,16-18,21H,3-9,15H2,1-2H3,(H,19,20). The van der Waals surface area contributed by atoms with E-state index in [1.807, 2.05) is 0 Å². The van der Waals surface area contributed by atoms with Crippen LogP contribution in [-0.4, -0.2) is 70.6 Å². The van der Waals surface area contributed by atoms with E-state index >= 15 is 0 Å². The molecule has 0 aliphatic heterocycles. The molecule has 132 valence electrons. The predicted molar refractivity (Wildman–Crippen MR) is 81.2 cm³/mol. The minimum Gasteiger partial charge on any atom is -0.480 e. The van der Waals surface area contributed by atoms with E-state index in [0.717, 1.165) is 0 Å². The van der Waals surface area contributed by atoms with E-state index in [1.165, 1.54) is 0 Å². The van der Waals surface area contributed by atoms with Crippen LogP contribution in [0.5, 0.6) is 0 Å². The fraction of sp³-hybridized carbons (Fsp3) is 0.929. The smallest absolute Gasteiger partial charge is 0.320 e. The van der Waals surface area contributed by atoms with Gasteiger partial charge in [0.25, 0.3) is 0 Å². The molecule has 0 amide bonds. The molecule has 0 aliphatic rings. The topological polar surface area (TPSA) is 145 Å². The van der Waals surface area contributed by atoms with Crippen LogP contribution in [0.15, 0.2) is 0 Å². The molecule has 8 heteroatoms. The van der Waals surface area contributed by atoms with Crippen LogP contribution in [-0.2, 0) is 9.53 Å². The summed E-state index contributed by atoms with van der Waals surface area (Å²) < 4.78 is 5.31. The molecule has 0 saturated heterocycles. The average Bonchev–Trinajstić information content (AvgIpc) is 2.47. The molecule has 0 aromatic heterocycles. The minimum absolute atomic E-state index is 0.0318. The Morgan fingerprint density at radius 2 is 2.00 bits per heavy atom. The first kappa shape index (κ1) is 21.2. The maximum absolute atomic E-state index is 10.6. The number of hydrogen-bond donors (Lipinski definition) is 6. The van der Waals surface area contributed by atoms with Gasteiger partial charge in [-0.2, -0.15) is 0 Å². The number of ether oxygens (including phenoxy) is 1. The summed E-state index contributed by atoms with van der Waals surface area (Å²) in [6.45, 7) is 3.58. The summed E-state index contributed by atoms with van der Waals surface area (Å²) in [5, 5.41) is 40.5. The van der Waals surface area contributed by atoms with Gasteiger partial charge >= 0.3 is 5.97 Å². The molecule has 0 rings (SSSR count). The number of aliphatic hydroxyl groups excluding tert-OH is 2. The molecule has 0 bridgehead atoms. The maximum atomic E-state index is 10.6. The van der Waals surface area contributed by atoms with Gasteiger partial charge in [-0.05, 0) is 26.3 Å². The molecule has 0 radical (unpaired) electrons. The number of aliphatic hydroxyl groups is 3. The van der Waals surface area contributed by atoms with Crippen molar-refractivity contribution in [2.45, 2.75) is 51.0 Å². The molecule has 0 aromatic carbocycles. The first-order chi connectivity index (χ1) is 10.2. The fourth-order valence-electron chi connectivity index (χ4n) is 1.78. The van der Waals surface area contributed by atoms with Crippen molar-refractivity contribution >= 4 is 5.97 Å². The first-order valence-electron chi connectivity index (χ1n) is 7.57. The van der Waals surface area contributed by atoms with Crippen molar-refractivity contribution in [1.29, 1.82) is 0 Å². The highest BCUT2D eigenvalue weighted by atomic mass is 16.6. The highest BCUT2D eigenvalue weighted by Gasteiger charge is 2.34. The van der Waals surface area contributed by atoms with Gasteiger partial charge in [0.05, 0.1) is 19.3 Å². The fourth-order valence-corrected chi connectivity index (χ4v) is 1.78. The number of aliphatic carboxylic acids is 1. The van der Waals surface area contributed by atoms with Crippen LogP contribution in [0, 0.1) is 5.92 Å². The highest BCUT2D eigenvalue weighted by Crippen LogP contribution is 2.18. The molecular weight excluding hydrogens is 292 g/mol. The lowest BCUT2D eigenvalue weighted by atomic mass is 10.0. The summed E-state index contributed by atoms with van der Waals surface area (Å²) in [7, 11) is 0. The van der Waals surface area contributed by atoms with E-state index in [2.05, 4.69) is 5.32 Å². The van der Waals surface area contributed by atoms with Crippen LogP contribution in [0.3, 0.4) is 0 Å². The molecule has 4 atom stereocenters.